The van der Waals surface area contributed by atoms with Gasteiger partial charge in [-0.1, -0.05) is 38.6 Å². The lowest BCUT2D eigenvalue weighted by Gasteiger charge is -2.32. The summed E-state index contributed by atoms with van der Waals surface area (Å²) in [6.45, 7) is 23.1. The average molecular weight is 1580 g/mol. The third-order valence-electron chi connectivity index (χ3n) is 14.5. The normalized spacial score (nSPS) is 14.4. The van der Waals surface area contributed by atoms with Gasteiger partial charge in [0.05, 0.1) is 18.7 Å². The maximum atomic E-state index is 11.7. The van der Waals surface area contributed by atoms with Crippen LogP contribution in [0.4, 0.5) is 16.4 Å². The standard InChI is InChI=1S/C19H23N5O2S.C12H16BrN5.C10H20N2O2.C7H8BO4S.C7H5BrClN3.2C5H10O2.2CH4/c1-24-11-16(13-3-5-15(6-4-13)27(2,25)26)17-18(24)19(22-12-21-17)23-14-7-9-20-10-8-14;1-18-6-9(13)10-11(18)12(16-7-15-10)17-8-2-4-14-5-3-8;1-10(2,3)14-9(13)12-6-4-8(11)5-7-12;1-13(10,11)7-4-2-6(3-5-7)12-8-9;1-12-2-4(8)5-6(12)7(9)11-3-10-5;2*1-5(2,3)7-4-6;;/h3-6,11-12,14,20H,7-10H2,1-2H3,(H,21,22,23);6-8,14H,2-5H2,1H3,(H,15,16,17);8H,4-7,11H2,1-3H3;2-5,9H,1H3;2-3H,1H3;2*4H,1-3H3;2*1H4. The Bertz CT molecular complexity index is 4070. The number of halogens is 3. The second-order valence-electron chi connectivity index (χ2n) is 26.1. The molecule has 0 aliphatic carbocycles. The van der Waals surface area contributed by atoms with Crippen molar-refractivity contribution < 1.29 is 55.1 Å². The molecule has 7 N–H and O–H groups in total. The van der Waals surface area contributed by atoms with Crippen molar-refractivity contribution in [1.29, 1.82) is 0 Å². The monoisotopic (exact) mass is 1570 g/mol. The molecule has 11 rings (SSSR count). The number of sulfone groups is 2. The highest BCUT2D eigenvalue weighted by molar-refractivity contribution is 9.11. The first kappa shape index (κ1) is 87.2. The lowest BCUT2D eigenvalue weighted by Crippen LogP contribution is -2.44. The SMILES string of the molecule is C.C.CC(C)(C)OC(=O)N1CCC(N)CC1.CC(C)(C)OC=O.CC(C)(C)OC=O.CS(=O)(=O)c1ccc(O[B]O)cc1.Cn1cc(-c2ccc(S(C)(=O)=O)cc2)c2ncnc(NC3CCNCC3)c21.Cn1cc(Br)c2ncnc(Cl)c21.Cn1cc(Br)c2ncnc(NC3CCNCC3)c21. The molecule has 2 aromatic carbocycles. The van der Waals surface area contributed by atoms with Gasteiger partial charge in [0.15, 0.2) is 36.5 Å². The minimum atomic E-state index is -3.21. The van der Waals surface area contributed by atoms with E-state index in [0.717, 1.165) is 149 Å². The van der Waals surface area contributed by atoms with Crippen LogP contribution in [0.2, 0.25) is 5.15 Å². The highest BCUT2D eigenvalue weighted by Gasteiger charge is 2.26. The van der Waals surface area contributed by atoms with Gasteiger partial charge >= 0.3 is 13.8 Å². The molecule has 33 heteroatoms. The van der Waals surface area contributed by atoms with Gasteiger partial charge in [0, 0.05) is 89.0 Å². The number of anilines is 2. The molecule has 3 saturated heterocycles. The number of rotatable bonds is 11. The van der Waals surface area contributed by atoms with Gasteiger partial charge in [-0.15, -0.1) is 0 Å². The van der Waals surface area contributed by atoms with Crippen LogP contribution in [0.25, 0.3) is 44.2 Å². The Morgan fingerprint density at radius 3 is 1.39 bits per heavy atom. The number of aryl methyl sites for hydroxylation is 3. The van der Waals surface area contributed by atoms with Crippen molar-refractivity contribution in [3.8, 4) is 16.9 Å². The van der Waals surface area contributed by atoms with Gasteiger partial charge in [-0.05, 0) is 201 Å². The van der Waals surface area contributed by atoms with Gasteiger partial charge in [-0.25, -0.2) is 51.5 Å². The molecule has 0 bridgehead atoms. The van der Waals surface area contributed by atoms with Crippen molar-refractivity contribution in [3.63, 3.8) is 0 Å². The van der Waals surface area contributed by atoms with E-state index in [2.05, 4.69) is 102 Å². The molecule has 1 amide bonds. The van der Waals surface area contributed by atoms with Crippen molar-refractivity contribution in [1.82, 2.24) is 59.1 Å². The average Bonchev–Trinajstić information content (AvgIpc) is 1.63. The number of piperidine rings is 3. The Hall–Kier alpha value is -7.04. The van der Waals surface area contributed by atoms with E-state index in [1.54, 1.807) is 29.7 Å². The molecule has 9 heterocycles. The summed E-state index contributed by atoms with van der Waals surface area (Å²) in [4.78, 5) is 58.7. The summed E-state index contributed by atoms with van der Waals surface area (Å²) in [5.74, 6) is 2.16. The number of likely N-dealkylation sites (tertiary alicyclic amines) is 1. The van der Waals surface area contributed by atoms with E-state index in [1.807, 2.05) is 123 Å². The molecule has 0 atom stereocenters. The topological polar surface area (TPSA) is 346 Å². The first-order valence-corrected chi connectivity index (χ1v) is 37.2. The number of hydrogen-bond donors (Lipinski definition) is 6. The van der Waals surface area contributed by atoms with E-state index in [9.17, 15) is 31.2 Å². The predicted octanol–water partition coefficient (Wildman–Crippen LogP) is 11.0. The van der Waals surface area contributed by atoms with E-state index < -0.39 is 25.3 Å². The number of ether oxygens (including phenoxy) is 3. The Labute approximate surface area is 611 Å². The van der Waals surface area contributed by atoms with Gasteiger partial charge in [-0.3, -0.25) is 9.59 Å². The number of nitrogens with one attached hydrogen (secondary N) is 4. The molecule has 8 aromatic rings. The summed E-state index contributed by atoms with van der Waals surface area (Å²) >= 11 is 12.8. The van der Waals surface area contributed by atoms with Crippen molar-refractivity contribution in [2.24, 2.45) is 26.9 Å². The minimum absolute atomic E-state index is 0. The minimum Gasteiger partial charge on any atom is -0.537 e. The number of carbonyl (C=O) groups excluding carboxylic acids is 3. The summed E-state index contributed by atoms with van der Waals surface area (Å²) in [7, 11) is 0.0691. The molecule has 551 valence electrons. The molecule has 27 nitrogen and oxygen atoms in total. The lowest BCUT2D eigenvalue weighted by atomic mass is 10.1. The van der Waals surface area contributed by atoms with Crippen LogP contribution in [0.1, 0.15) is 116 Å². The molecule has 6 aromatic heterocycles. The molecule has 0 spiro atoms. The van der Waals surface area contributed by atoms with Crippen LogP contribution in [-0.4, -0.2) is 184 Å². The summed E-state index contributed by atoms with van der Waals surface area (Å²) in [5.41, 5.74) is 12.1. The second-order valence-corrected chi connectivity index (χ2v) is 32.2. The maximum Gasteiger partial charge on any atom is 0.569 e. The van der Waals surface area contributed by atoms with Gasteiger partial charge in [0.25, 0.3) is 12.9 Å². The van der Waals surface area contributed by atoms with Gasteiger partial charge in [0.2, 0.25) is 0 Å². The zero-order valence-corrected chi connectivity index (χ0v) is 63.5. The number of carbonyl (C=O) groups is 3. The molecule has 1 radical (unpaired) electrons. The van der Waals surface area contributed by atoms with Gasteiger partial charge < -0.3 is 69.5 Å². The van der Waals surface area contributed by atoms with E-state index in [-0.39, 0.29) is 43.1 Å². The zero-order valence-electron chi connectivity index (χ0n) is 58.0. The number of hydrogen-bond acceptors (Lipinski definition) is 23. The first-order valence-electron chi connectivity index (χ1n) is 31.4. The fraction of sp³-hybridized carbons (Fsp3) is 0.507. The molecule has 0 unspecified atom stereocenters. The fourth-order valence-corrected chi connectivity index (χ4v) is 12.4. The summed E-state index contributed by atoms with van der Waals surface area (Å²) in [6, 6.07) is 13.8. The molecule has 100 heavy (non-hydrogen) atoms. The van der Waals surface area contributed by atoms with Crippen LogP contribution in [-0.2, 0) is 64.6 Å². The third kappa shape index (κ3) is 28.4. The van der Waals surface area contributed by atoms with Crippen molar-refractivity contribution in [2.45, 2.75) is 160 Å². The molecular weight excluding hydrogens is 1480 g/mol. The highest BCUT2D eigenvalue weighted by atomic mass is 79.9. The van der Waals surface area contributed by atoms with Crippen LogP contribution >= 0.6 is 43.5 Å². The molecule has 3 aliphatic heterocycles. The van der Waals surface area contributed by atoms with Crippen LogP contribution in [0, 0.1) is 0 Å². The quantitative estimate of drug-likeness (QED) is 0.0303. The summed E-state index contributed by atoms with van der Waals surface area (Å²) in [5, 5.41) is 22.6. The highest BCUT2D eigenvalue weighted by Crippen LogP contribution is 2.34. The van der Waals surface area contributed by atoms with Crippen molar-refractivity contribution in [3.05, 3.63) is 100 Å². The zero-order chi connectivity index (χ0) is 72.8. The van der Waals surface area contributed by atoms with Crippen LogP contribution in [0.3, 0.4) is 0 Å². The third-order valence-corrected chi connectivity index (χ3v) is 18.2. The predicted molar refractivity (Wildman–Crippen MR) is 404 cm³/mol. The van der Waals surface area contributed by atoms with E-state index >= 15 is 0 Å². The number of nitrogens with zero attached hydrogens (tertiary/aromatic N) is 10. The van der Waals surface area contributed by atoms with E-state index in [0.29, 0.717) is 48.5 Å². The molecule has 3 fully saturated rings. The number of fused-ring (bicyclic) bond motifs is 3. The first-order chi connectivity index (χ1) is 45.9. The smallest absolute Gasteiger partial charge is 0.537 e. The Morgan fingerprint density at radius 1 is 0.610 bits per heavy atom. The second kappa shape index (κ2) is 40.0. The van der Waals surface area contributed by atoms with Crippen LogP contribution < -0.4 is 31.7 Å². The molecule has 3 aliphatic rings. The van der Waals surface area contributed by atoms with Gasteiger partial charge in [0.1, 0.15) is 74.6 Å². The van der Waals surface area contributed by atoms with E-state index in [4.69, 9.17) is 27.1 Å². The molecule has 0 saturated carbocycles. The largest absolute Gasteiger partial charge is 0.569 e. The van der Waals surface area contributed by atoms with Crippen LogP contribution in [0.5, 0.6) is 5.75 Å². The Balaban J connectivity index is 0.000000317. The Morgan fingerprint density at radius 2 is 1.00 bits per heavy atom. The Kier molecular flexibility index (Phi) is 34.9. The number of benzene rings is 2. The fourth-order valence-electron chi connectivity index (χ4n) is 9.70. The lowest BCUT2D eigenvalue weighted by molar-refractivity contribution is -0.139. The van der Waals surface area contributed by atoms with E-state index in [1.165, 1.54) is 36.8 Å². The maximum absolute atomic E-state index is 11.7. The van der Waals surface area contributed by atoms with Crippen LogP contribution in [0.15, 0.2) is 105 Å². The summed E-state index contributed by atoms with van der Waals surface area (Å²) in [6.07, 6.45) is 18.9. The number of aromatic nitrogens is 9. The number of nitrogens with two attached hydrogens (primary N) is 1. The van der Waals surface area contributed by atoms with Gasteiger partial charge in [-0.2, -0.15) is 0 Å². The van der Waals surface area contributed by atoms with Crippen molar-refractivity contribution >= 4 is 135 Å². The summed E-state index contributed by atoms with van der Waals surface area (Å²) < 4.78 is 72.3. The number of amides is 1. The molecular formula is C67H100BBr2ClN15O12S2. The van der Waals surface area contributed by atoms with Crippen molar-refractivity contribution in [2.75, 3.05) is 62.4 Å².